The van der Waals surface area contributed by atoms with Gasteiger partial charge in [0.25, 0.3) is 0 Å². The van der Waals surface area contributed by atoms with E-state index in [9.17, 15) is 5.11 Å². The van der Waals surface area contributed by atoms with Crippen molar-refractivity contribution in [2.75, 3.05) is 39.8 Å². The lowest BCUT2D eigenvalue weighted by Crippen LogP contribution is -2.49. The molecule has 0 amide bonds. The van der Waals surface area contributed by atoms with Crippen LogP contribution in [0.3, 0.4) is 0 Å². The van der Waals surface area contributed by atoms with E-state index in [4.69, 9.17) is 0 Å². The number of aliphatic hydroxyl groups excluding tert-OH is 1. The molecule has 1 heterocycles. The number of nitrogens with zero attached hydrogens (tertiary/aromatic N) is 2. The first-order valence-corrected chi connectivity index (χ1v) is 8.57. The zero-order valence-corrected chi connectivity index (χ0v) is 14.5. The van der Waals surface area contributed by atoms with Gasteiger partial charge in [-0.1, -0.05) is 44.2 Å². The maximum absolute atomic E-state index is 9.47. The molecule has 0 saturated carbocycles. The van der Waals surface area contributed by atoms with Crippen LogP contribution >= 0.6 is 0 Å². The average molecular weight is 304 g/mol. The predicted octanol–water partition coefficient (Wildman–Crippen LogP) is 2.64. The Morgan fingerprint density at radius 1 is 1.27 bits per heavy atom. The van der Waals surface area contributed by atoms with Crippen molar-refractivity contribution < 1.29 is 5.11 Å². The Labute approximate surface area is 135 Å². The van der Waals surface area contributed by atoms with Crippen LogP contribution in [0.2, 0.25) is 0 Å². The van der Waals surface area contributed by atoms with E-state index >= 15 is 0 Å². The zero-order chi connectivity index (χ0) is 16.0. The molecular formula is C19H32N2O. The van der Waals surface area contributed by atoms with Gasteiger partial charge in [0.2, 0.25) is 0 Å². The van der Waals surface area contributed by atoms with Crippen LogP contribution in [0.15, 0.2) is 30.3 Å². The van der Waals surface area contributed by atoms with Crippen molar-refractivity contribution in [3.63, 3.8) is 0 Å². The summed E-state index contributed by atoms with van der Waals surface area (Å²) in [6, 6.07) is 11.4. The van der Waals surface area contributed by atoms with Crippen LogP contribution in [0.5, 0.6) is 0 Å². The lowest BCUT2D eigenvalue weighted by molar-refractivity contribution is 0.0601. The second-order valence-corrected chi connectivity index (χ2v) is 7.57. The molecule has 1 N–H and O–H groups in total. The highest BCUT2D eigenvalue weighted by Gasteiger charge is 2.27. The van der Waals surface area contributed by atoms with Crippen molar-refractivity contribution in [2.45, 2.75) is 39.2 Å². The molecule has 2 rings (SSSR count). The maximum atomic E-state index is 9.47. The van der Waals surface area contributed by atoms with Crippen molar-refractivity contribution in [1.82, 2.24) is 9.80 Å². The van der Waals surface area contributed by atoms with Gasteiger partial charge in [0.05, 0.1) is 0 Å². The standard InChI is InChI=1S/C19H32N2O/c1-19(2,16-22)15-21-12-7-10-18(14-21)20(3)13-11-17-8-5-4-6-9-17/h4-6,8-9,18,22H,7,10-16H2,1-3H3/t18-/m1/s1. The molecule has 1 saturated heterocycles. The molecule has 0 bridgehead atoms. The van der Waals surface area contributed by atoms with Crippen LogP contribution in [0, 0.1) is 5.41 Å². The van der Waals surface area contributed by atoms with E-state index in [-0.39, 0.29) is 12.0 Å². The van der Waals surface area contributed by atoms with Gasteiger partial charge in [0.1, 0.15) is 0 Å². The van der Waals surface area contributed by atoms with Gasteiger partial charge in [0, 0.05) is 37.7 Å². The van der Waals surface area contributed by atoms with Gasteiger partial charge in [-0.15, -0.1) is 0 Å². The highest BCUT2D eigenvalue weighted by Crippen LogP contribution is 2.21. The van der Waals surface area contributed by atoms with Crippen LogP contribution in [0.1, 0.15) is 32.3 Å². The summed E-state index contributed by atoms with van der Waals surface area (Å²) in [5, 5.41) is 9.47. The normalized spacial score (nSPS) is 20.5. The van der Waals surface area contributed by atoms with Crippen molar-refractivity contribution in [3.05, 3.63) is 35.9 Å². The van der Waals surface area contributed by atoms with Crippen molar-refractivity contribution in [1.29, 1.82) is 0 Å². The molecule has 124 valence electrons. The SMILES string of the molecule is CN(CCc1ccccc1)[C@@H]1CCCN(CC(C)(C)CO)C1. The van der Waals surface area contributed by atoms with Crippen LogP contribution in [-0.4, -0.2) is 60.8 Å². The molecule has 0 unspecified atom stereocenters. The van der Waals surface area contributed by atoms with Crippen LogP contribution in [0.4, 0.5) is 0 Å². The largest absolute Gasteiger partial charge is 0.396 e. The second-order valence-electron chi connectivity index (χ2n) is 7.57. The summed E-state index contributed by atoms with van der Waals surface area (Å²) in [6.07, 6.45) is 3.68. The Hall–Kier alpha value is -0.900. The summed E-state index contributed by atoms with van der Waals surface area (Å²) in [5.41, 5.74) is 1.42. The van der Waals surface area contributed by atoms with Gasteiger partial charge < -0.3 is 14.9 Å². The Bertz CT molecular complexity index is 432. The first-order chi connectivity index (χ1) is 10.5. The van der Waals surface area contributed by atoms with Gasteiger partial charge in [-0.05, 0) is 38.4 Å². The highest BCUT2D eigenvalue weighted by molar-refractivity contribution is 5.14. The minimum Gasteiger partial charge on any atom is -0.396 e. The summed E-state index contributed by atoms with van der Waals surface area (Å²) in [5.74, 6) is 0. The Kier molecular flexibility index (Phi) is 6.42. The number of hydrogen-bond acceptors (Lipinski definition) is 3. The molecule has 0 spiro atoms. The molecule has 3 nitrogen and oxygen atoms in total. The topological polar surface area (TPSA) is 26.7 Å². The first kappa shape index (κ1) is 17.5. The molecule has 0 radical (unpaired) electrons. The summed E-state index contributed by atoms with van der Waals surface area (Å²) < 4.78 is 0. The van der Waals surface area contributed by atoms with E-state index in [0.717, 1.165) is 26.1 Å². The fraction of sp³-hybridized carbons (Fsp3) is 0.684. The number of benzene rings is 1. The monoisotopic (exact) mass is 304 g/mol. The quantitative estimate of drug-likeness (QED) is 0.839. The van der Waals surface area contributed by atoms with Crippen LogP contribution < -0.4 is 0 Å². The molecule has 1 fully saturated rings. The van der Waals surface area contributed by atoms with Crippen LogP contribution in [-0.2, 0) is 6.42 Å². The zero-order valence-electron chi connectivity index (χ0n) is 14.5. The third-order valence-corrected chi connectivity index (χ3v) is 4.78. The van der Waals surface area contributed by atoms with Crippen LogP contribution in [0.25, 0.3) is 0 Å². The third-order valence-electron chi connectivity index (χ3n) is 4.78. The average Bonchev–Trinajstić information content (AvgIpc) is 2.53. The Morgan fingerprint density at radius 2 is 2.00 bits per heavy atom. The van der Waals surface area contributed by atoms with Gasteiger partial charge in [-0.3, -0.25) is 0 Å². The van der Waals surface area contributed by atoms with E-state index in [1.54, 1.807) is 0 Å². The summed E-state index contributed by atoms with van der Waals surface area (Å²) in [7, 11) is 2.26. The van der Waals surface area contributed by atoms with Crippen molar-refractivity contribution in [3.8, 4) is 0 Å². The predicted molar refractivity (Wildman–Crippen MR) is 93.1 cm³/mol. The second kappa shape index (κ2) is 8.09. The third kappa shape index (κ3) is 5.38. The molecular weight excluding hydrogens is 272 g/mol. The number of rotatable bonds is 7. The molecule has 22 heavy (non-hydrogen) atoms. The van der Waals surface area contributed by atoms with Crippen molar-refractivity contribution >= 4 is 0 Å². The smallest absolute Gasteiger partial charge is 0.0494 e. The molecule has 0 aliphatic carbocycles. The molecule has 1 aliphatic rings. The first-order valence-electron chi connectivity index (χ1n) is 8.57. The molecule has 1 aromatic carbocycles. The van der Waals surface area contributed by atoms with E-state index in [2.05, 4.69) is 61.0 Å². The minimum absolute atomic E-state index is 0.00446. The number of hydrogen-bond donors (Lipinski definition) is 1. The van der Waals surface area contributed by atoms with Gasteiger partial charge >= 0.3 is 0 Å². The van der Waals surface area contributed by atoms with Crippen molar-refractivity contribution in [2.24, 2.45) is 5.41 Å². The molecule has 1 aromatic rings. The molecule has 0 aromatic heterocycles. The van der Waals surface area contributed by atoms with E-state index in [1.165, 1.54) is 24.9 Å². The summed E-state index contributed by atoms with van der Waals surface area (Å²) in [4.78, 5) is 5.05. The fourth-order valence-electron chi connectivity index (χ4n) is 3.32. The van der Waals surface area contributed by atoms with Gasteiger partial charge in [-0.25, -0.2) is 0 Å². The minimum atomic E-state index is 0.00446. The lowest BCUT2D eigenvalue weighted by atomic mass is 9.92. The molecule has 3 heteroatoms. The number of likely N-dealkylation sites (tertiary alicyclic amines) is 1. The Balaban J connectivity index is 1.81. The van der Waals surface area contributed by atoms with Gasteiger partial charge in [-0.2, -0.15) is 0 Å². The fourth-order valence-corrected chi connectivity index (χ4v) is 3.32. The summed E-state index contributed by atoms with van der Waals surface area (Å²) >= 11 is 0. The highest BCUT2D eigenvalue weighted by atomic mass is 16.3. The number of piperidine rings is 1. The Morgan fingerprint density at radius 3 is 2.68 bits per heavy atom. The van der Waals surface area contributed by atoms with Gasteiger partial charge in [0.15, 0.2) is 0 Å². The van der Waals surface area contributed by atoms with E-state index < -0.39 is 0 Å². The lowest BCUT2D eigenvalue weighted by Gasteiger charge is -2.40. The maximum Gasteiger partial charge on any atom is 0.0494 e. The van der Waals surface area contributed by atoms with E-state index in [1.807, 2.05) is 0 Å². The summed E-state index contributed by atoms with van der Waals surface area (Å²) in [6.45, 7) is 8.98. The number of aliphatic hydroxyl groups is 1. The van der Waals surface area contributed by atoms with E-state index in [0.29, 0.717) is 6.04 Å². The number of likely N-dealkylation sites (N-methyl/N-ethyl adjacent to an activating group) is 1. The molecule has 1 aliphatic heterocycles. The molecule has 1 atom stereocenters.